The summed E-state index contributed by atoms with van der Waals surface area (Å²) in [4.78, 5) is 0. The molecule has 3 radical (unpaired) electrons. The Morgan fingerprint density at radius 1 is 1.11 bits per heavy atom. The maximum absolute atomic E-state index is 2.18. The van der Waals surface area contributed by atoms with Gasteiger partial charge in [0.25, 0.3) is 0 Å². The van der Waals surface area contributed by atoms with Crippen LogP contribution in [0.15, 0.2) is 0 Å². The minimum Gasteiger partial charge on any atom is -0.358 e. The van der Waals surface area contributed by atoms with E-state index in [1.165, 1.54) is 12.8 Å². The van der Waals surface area contributed by atoms with Gasteiger partial charge in [0.2, 0.25) is 0 Å². The van der Waals surface area contributed by atoms with Gasteiger partial charge in [-0.25, -0.2) is 0 Å². The summed E-state index contributed by atoms with van der Waals surface area (Å²) in [6.07, 6.45) is 4.73. The van der Waals surface area contributed by atoms with Crippen molar-refractivity contribution in [3.63, 3.8) is 0 Å². The first-order valence-electron chi connectivity index (χ1n) is 2.19. The van der Waals surface area contributed by atoms with Crippen molar-refractivity contribution < 1.29 is 98.1 Å². The van der Waals surface area contributed by atoms with Gasteiger partial charge in [0.15, 0.2) is 0 Å². The molecular weight excluding hydrogens is 339 g/mol. The summed E-state index contributed by atoms with van der Waals surface area (Å²) < 4.78 is 0. The number of unbranched alkanes of at least 4 members (excludes halogenated alkanes) is 2. The van der Waals surface area contributed by atoms with Crippen LogP contribution in [0.3, 0.4) is 0 Å². The van der Waals surface area contributed by atoms with Crippen LogP contribution in [0.25, 0.3) is 0 Å². The smallest absolute Gasteiger partial charge is 0 e. The fraction of sp³-hybridized carbons (Fsp3) is 0.667. The molecular formula is C6H14Y3-2. The number of hydrogen-bond donors (Lipinski definition) is 0. The van der Waals surface area contributed by atoms with E-state index in [0.29, 0.717) is 0 Å². The van der Waals surface area contributed by atoms with Gasteiger partial charge in [0.1, 0.15) is 0 Å². The molecule has 3 heteroatoms. The summed E-state index contributed by atoms with van der Waals surface area (Å²) in [6, 6.07) is 0. The summed E-state index contributed by atoms with van der Waals surface area (Å²) in [7, 11) is 0. The Balaban J connectivity index is -0.0000000133. The van der Waals surface area contributed by atoms with Crippen LogP contribution in [0.4, 0.5) is 0 Å². The number of rotatable bonds is 2. The average molecular weight is 353 g/mol. The van der Waals surface area contributed by atoms with Gasteiger partial charge in [-0.3, -0.25) is 0 Å². The Labute approximate surface area is 136 Å². The maximum Gasteiger partial charge on any atom is 0 e. The van der Waals surface area contributed by atoms with Crippen molar-refractivity contribution in [1.29, 1.82) is 0 Å². The summed E-state index contributed by atoms with van der Waals surface area (Å²) >= 11 is 0. The van der Waals surface area contributed by atoms with E-state index in [-0.39, 0.29) is 106 Å². The van der Waals surface area contributed by atoms with E-state index in [1.807, 2.05) is 0 Å². The van der Waals surface area contributed by atoms with Crippen molar-refractivity contribution in [3.8, 4) is 0 Å². The third kappa shape index (κ3) is 34.8. The van der Waals surface area contributed by atoms with Crippen LogP contribution in [-0.2, 0) is 98.1 Å². The topological polar surface area (TPSA) is 0 Å². The zero-order chi connectivity index (χ0) is 4.12. The standard InChI is InChI=1S/C5H11.CH3.3Y/c1-3-5-4-2;;;;/h3H,4-5H2,1-2H3;1H3;;;/q2*-1;;;. The van der Waals surface area contributed by atoms with E-state index in [4.69, 9.17) is 0 Å². The van der Waals surface area contributed by atoms with Crippen LogP contribution in [0.5, 0.6) is 0 Å². The molecule has 0 bridgehead atoms. The van der Waals surface area contributed by atoms with Gasteiger partial charge in [0, 0.05) is 98.1 Å². The zero-order valence-electron chi connectivity index (χ0n) is 6.72. The fourth-order valence-electron chi connectivity index (χ4n) is 0.289. The van der Waals surface area contributed by atoms with Crippen LogP contribution in [0.1, 0.15) is 26.7 Å². The van der Waals surface area contributed by atoms with Gasteiger partial charge < -0.3 is 13.8 Å². The molecule has 49 valence electrons. The van der Waals surface area contributed by atoms with Crippen molar-refractivity contribution >= 4 is 0 Å². The zero-order valence-corrected chi connectivity index (χ0v) is 15.2. The summed E-state index contributed by atoms with van der Waals surface area (Å²) in [5.41, 5.74) is 0. The van der Waals surface area contributed by atoms with Gasteiger partial charge in [-0.1, -0.05) is 13.3 Å². The molecule has 0 aliphatic rings. The first-order valence-corrected chi connectivity index (χ1v) is 2.19. The molecule has 0 aromatic carbocycles. The van der Waals surface area contributed by atoms with Gasteiger partial charge >= 0.3 is 0 Å². The van der Waals surface area contributed by atoms with Crippen molar-refractivity contribution in [2.24, 2.45) is 0 Å². The second kappa shape index (κ2) is 30.2. The molecule has 0 saturated heterocycles. The Hall–Kier alpha value is 3.31. The van der Waals surface area contributed by atoms with Crippen LogP contribution in [-0.4, -0.2) is 0 Å². The monoisotopic (exact) mass is 353 g/mol. The molecule has 0 atom stereocenters. The predicted molar refractivity (Wildman–Crippen MR) is 31.3 cm³/mol. The minimum absolute atomic E-state index is 0. The molecule has 0 nitrogen and oxygen atoms in total. The number of hydrogen-bond acceptors (Lipinski definition) is 0. The molecule has 0 N–H and O–H groups in total. The molecule has 0 aliphatic heterocycles. The summed E-state index contributed by atoms with van der Waals surface area (Å²) in [5, 5.41) is 0. The molecule has 0 amide bonds. The van der Waals surface area contributed by atoms with Gasteiger partial charge in [-0.2, -0.15) is 13.3 Å². The van der Waals surface area contributed by atoms with Crippen LogP contribution >= 0.6 is 0 Å². The quantitative estimate of drug-likeness (QED) is 0.670. The van der Waals surface area contributed by atoms with E-state index >= 15 is 0 Å². The Kier molecular flexibility index (Phi) is 98.9. The molecule has 0 heterocycles. The average Bonchev–Trinajstić information content (AvgIpc) is 1.41. The summed E-state index contributed by atoms with van der Waals surface area (Å²) in [5.74, 6) is 0. The Morgan fingerprint density at radius 2 is 1.44 bits per heavy atom. The second-order valence-corrected chi connectivity index (χ2v) is 1.20. The molecule has 0 rings (SSSR count). The Morgan fingerprint density at radius 3 is 1.44 bits per heavy atom. The van der Waals surface area contributed by atoms with Crippen LogP contribution < -0.4 is 0 Å². The molecule has 0 unspecified atom stereocenters. The van der Waals surface area contributed by atoms with E-state index < -0.39 is 0 Å². The predicted octanol–water partition coefficient (Wildman–Crippen LogP) is 2.45. The van der Waals surface area contributed by atoms with Gasteiger partial charge in [0.05, 0.1) is 0 Å². The Bertz CT molecular complexity index is 15.8. The minimum atomic E-state index is 0. The molecule has 0 spiro atoms. The molecule has 0 saturated carbocycles. The van der Waals surface area contributed by atoms with Crippen molar-refractivity contribution in [2.45, 2.75) is 26.7 Å². The van der Waals surface area contributed by atoms with Crippen molar-refractivity contribution in [1.82, 2.24) is 0 Å². The third-order valence-corrected chi connectivity index (χ3v) is 0.577. The second-order valence-electron chi connectivity index (χ2n) is 1.20. The largest absolute Gasteiger partial charge is 0.358 e. The SMILES string of the molecule is C[CH-]CCC.[CH3-].[Y].[Y].[Y]. The van der Waals surface area contributed by atoms with Crippen LogP contribution in [0.2, 0.25) is 0 Å². The normalized spacial score (nSPS) is 4.67. The van der Waals surface area contributed by atoms with Gasteiger partial charge in [-0.15, -0.1) is 0 Å². The van der Waals surface area contributed by atoms with Crippen molar-refractivity contribution in [3.05, 3.63) is 13.8 Å². The van der Waals surface area contributed by atoms with Crippen molar-refractivity contribution in [2.75, 3.05) is 0 Å². The maximum atomic E-state index is 2.18. The van der Waals surface area contributed by atoms with E-state index in [9.17, 15) is 0 Å². The van der Waals surface area contributed by atoms with E-state index in [1.54, 1.807) is 0 Å². The molecule has 9 heavy (non-hydrogen) atoms. The molecule has 0 aromatic rings. The molecule has 0 fully saturated rings. The molecule has 0 aliphatic carbocycles. The van der Waals surface area contributed by atoms with Gasteiger partial charge in [-0.05, 0) is 0 Å². The third-order valence-electron chi connectivity index (χ3n) is 0.577. The fourth-order valence-corrected chi connectivity index (χ4v) is 0.289. The van der Waals surface area contributed by atoms with Crippen LogP contribution in [0, 0.1) is 13.8 Å². The van der Waals surface area contributed by atoms with E-state index in [2.05, 4.69) is 20.3 Å². The first kappa shape index (κ1) is 29.5. The van der Waals surface area contributed by atoms with E-state index in [0.717, 1.165) is 0 Å². The molecule has 0 aromatic heterocycles. The summed E-state index contributed by atoms with van der Waals surface area (Å²) in [6.45, 7) is 4.27. The first-order chi connectivity index (χ1) is 2.41.